The van der Waals surface area contributed by atoms with Gasteiger partial charge in [-0.05, 0) is 12.0 Å². The van der Waals surface area contributed by atoms with Crippen molar-refractivity contribution < 1.29 is 0 Å². The first-order chi connectivity index (χ1) is 6.77. The van der Waals surface area contributed by atoms with Gasteiger partial charge in [0.05, 0.1) is 12.4 Å². The van der Waals surface area contributed by atoms with Crippen molar-refractivity contribution in [2.45, 2.75) is 19.8 Å². The van der Waals surface area contributed by atoms with Crippen LogP contribution in [0.1, 0.15) is 25.5 Å². The van der Waals surface area contributed by atoms with Crippen LogP contribution in [0.2, 0.25) is 0 Å². The molecule has 5 nitrogen and oxygen atoms in total. The minimum Gasteiger partial charge on any atom is -0.218 e. The van der Waals surface area contributed by atoms with Crippen molar-refractivity contribution in [3.05, 3.63) is 30.4 Å². The van der Waals surface area contributed by atoms with E-state index in [2.05, 4.69) is 34.0 Å². The van der Waals surface area contributed by atoms with Crippen molar-refractivity contribution >= 4 is 0 Å². The molecule has 0 saturated heterocycles. The zero-order chi connectivity index (χ0) is 9.97. The van der Waals surface area contributed by atoms with Gasteiger partial charge in [-0.3, -0.25) is 0 Å². The first-order valence-corrected chi connectivity index (χ1v) is 4.47. The zero-order valence-corrected chi connectivity index (χ0v) is 8.12. The maximum atomic E-state index is 4.34. The van der Waals surface area contributed by atoms with E-state index in [1.807, 2.05) is 6.07 Å². The Morgan fingerprint density at radius 3 is 2.50 bits per heavy atom. The van der Waals surface area contributed by atoms with E-state index in [1.54, 1.807) is 18.6 Å². The molecule has 72 valence electrons. The van der Waals surface area contributed by atoms with Gasteiger partial charge in [-0.2, -0.15) is 10.2 Å². The lowest BCUT2D eigenvalue weighted by Gasteiger charge is -2.04. The van der Waals surface area contributed by atoms with E-state index in [-0.39, 0.29) is 0 Å². The summed E-state index contributed by atoms with van der Waals surface area (Å²) in [6.45, 7) is 4.17. The van der Waals surface area contributed by atoms with Gasteiger partial charge < -0.3 is 0 Å². The third kappa shape index (κ3) is 1.61. The van der Waals surface area contributed by atoms with E-state index in [4.69, 9.17) is 0 Å². The summed E-state index contributed by atoms with van der Waals surface area (Å²) in [5, 5.41) is 7.93. The van der Waals surface area contributed by atoms with Crippen molar-refractivity contribution in [1.82, 2.24) is 25.0 Å². The summed E-state index contributed by atoms with van der Waals surface area (Å²) < 4.78 is 0. The highest BCUT2D eigenvalue weighted by atomic mass is 15.5. The summed E-state index contributed by atoms with van der Waals surface area (Å²) in [6, 6.07) is 1.90. The second-order valence-electron chi connectivity index (χ2n) is 3.25. The van der Waals surface area contributed by atoms with Crippen LogP contribution in [0.4, 0.5) is 0 Å². The molecule has 2 aromatic heterocycles. The fraction of sp³-hybridized carbons (Fsp3) is 0.333. The lowest BCUT2D eigenvalue weighted by Crippen LogP contribution is -2.06. The molecule has 0 spiro atoms. The van der Waals surface area contributed by atoms with Crippen LogP contribution in [0, 0.1) is 0 Å². The molecule has 0 aliphatic carbocycles. The molecule has 5 heteroatoms. The molecule has 2 rings (SSSR count). The molecule has 2 aromatic rings. The van der Waals surface area contributed by atoms with Crippen LogP contribution < -0.4 is 0 Å². The van der Waals surface area contributed by atoms with Gasteiger partial charge in [-0.1, -0.05) is 13.8 Å². The topological polar surface area (TPSA) is 56.5 Å². The Labute approximate surface area is 81.8 Å². The Balaban J connectivity index is 2.41. The number of hydrogen-bond acceptors (Lipinski definition) is 4. The summed E-state index contributed by atoms with van der Waals surface area (Å²) in [4.78, 5) is 9.84. The van der Waals surface area contributed by atoms with E-state index in [9.17, 15) is 0 Å². The summed E-state index contributed by atoms with van der Waals surface area (Å²) in [6.07, 6.45) is 4.93. The average molecular weight is 189 g/mol. The smallest absolute Gasteiger partial charge is 0.218 e. The normalized spacial score (nSPS) is 10.8. The van der Waals surface area contributed by atoms with Gasteiger partial charge in [0.15, 0.2) is 0 Å². The van der Waals surface area contributed by atoms with Gasteiger partial charge in [0.2, 0.25) is 0 Å². The van der Waals surface area contributed by atoms with E-state index in [1.165, 1.54) is 4.80 Å². The van der Waals surface area contributed by atoms with E-state index < -0.39 is 0 Å². The van der Waals surface area contributed by atoms with Gasteiger partial charge in [-0.25, -0.2) is 9.97 Å². The minimum atomic E-state index is 0.382. The Kier molecular flexibility index (Phi) is 2.22. The summed E-state index contributed by atoms with van der Waals surface area (Å²) >= 11 is 0. The standard InChI is InChI=1S/C9H11N5/c1-7(2)8-3-4-10-9(13-8)14-11-5-6-12-14/h3-7H,1-2H3. The maximum absolute atomic E-state index is 4.34. The molecule has 2 heterocycles. The number of hydrogen-bond donors (Lipinski definition) is 0. The Hall–Kier alpha value is -1.78. The van der Waals surface area contributed by atoms with Crippen LogP contribution >= 0.6 is 0 Å². The molecular formula is C9H11N5. The largest absolute Gasteiger partial charge is 0.268 e. The fourth-order valence-electron chi connectivity index (χ4n) is 1.10. The predicted octanol–water partition coefficient (Wildman–Crippen LogP) is 1.18. The van der Waals surface area contributed by atoms with Crippen LogP contribution in [0.5, 0.6) is 0 Å². The monoisotopic (exact) mass is 189 g/mol. The quantitative estimate of drug-likeness (QED) is 0.711. The molecule has 0 N–H and O–H groups in total. The highest BCUT2D eigenvalue weighted by molar-refractivity contribution is 5.13. The summed E-state index contributed by atoms with van der Waals surface area (Å²) in [5.41, 5.74) is 0.993. The number of rotatable bonds is 2. The van der Waals surface area contributed by atoms with Crippen LogP contribution in [-0.4, -0.2) is 25.0 Å². The highest BCUT2D eigenvalue weighted by Crippen LogP contribution is 2.10. The second-order valence-corrected chi connectivity index (χ2v) is 3.25. The van der Waals surface area contributed by atoms with Gasteiger partial charge in [0.1, 0.15) is 0 Å². The maximum Gasteiger partial charge on any atom is 0.268 e. The molecule has 0 aliphatic rings. The van der Waals surface area contributed by atoms with Crippen molar-refractivity contribution in [3.63, 3.8) is 0 Å². The molecule has 0 aromatic carbocycles. The van der Waals surface area contributed by atoms with Gasteiger partial charge in [0, 0.05) is 11.9 Å². The first-order valence-electron chi connectivity index (χ1n) is 4.47. The number of nitrogens with zero attached hydrogens (tertiary/aromatic N) is 5. The molecule has 0 fully saturated rings. The Morgan fingerprint density at radius 2 is 1.86 bits per heavy atom. The average Bonchev–Trinajstić information content (AvgIpc) is 2.71. The lowest BCUT2D eigenvalue weighted by molar-refractivity contribution is 0.686. The number of aromatic nitrogens is 5. The molecule has 14 heavy (non-hydrogen) atoms. The third-order valence-corrected chi connectivity index (χ3v) is 1.85. The zero-order valence-electron chi connectivity index (χ0n) is 8.12. The van der Waals surface area contributed by atoms with Crippen molar-refractivity contribution in [1.29, 1.82) is 0 Å². The molecular weight excluding hydrogens is 178 g/mol. The molecule has 0 unspecified atom stereocenters. The second kappa shape index (κ2) is 3.53. The van der Waals surface area contributed by atoms with Crippen LogP contribution in [0.25, 0.3) is 5.95 Å². The molecule has 0 bridgehead atoms. The fourth-order valence-corrected chi connectivity index (χ4v) is 1.10. The Bertz CT molecular complexity index is 407. The molecule has 0 radical (unpaired) electrons. The molecule has 0 saturated carbocycles. The SMILES string of the molecule is CC(C)c1ccnc(-n2nccn2)n1. The first kappa shape index (κ1) is 8.80. The van der Waals surface area contributed by atoms with E-state index in [0.717, 1.165) is 5.69 Å². The van der Waals surface area contributed by atoms with Crippen molar-refractivity contribution in [2.75, 3.05) is 0 Å². The minimum absolute atomic E-state index is 0.382. The lowest BCUT2D eigenvalue weighted by atomic mass is 10.1. The highest BCUT2D eigenvalue weighted by Gasteiger charge is 2.05. The van der Waals surface area contributed by atoms with Gasteiger partial charge in [0.25, 0.3) is 5.95 Å². The predicted molar refractivity (Wildman–Crippen MR) is 51.0 cm³/mol. The van der Waals surface area contributed by atoms with Gasteiger partial charge >= 0.3 is 0 Å². The Morgan fingerprint density at radius 1 is 1.14 bits per heavy atom. The van der Waals surface area contributed by atoms with E-state index in [0.29, 0.717) is 11.9 Å². The molecule has 0 amide bonds. The van der Waals surface area contributed by atoms with Crippen LogP contribution in [0.15, 0.2) is 24.7 Å². The third-order valence-electron chi connectivity index (χ3n) is 1.85. The summed E-state index contributed by atoms with van der Waals surface area (Å²) in [5.74, 6) is 0.897. The van der Waals surface area contributed by atoms with E-state index >= 15 is 0 Å². The van der Waals surface area contributed by atoms with Crippen LogP contribution in [-0.2, 0) is 0 Å². The van der Waals surface area contributed by atoms with Crippen molar-refractivity contribution in [2.24, 2.45) is 0 Å². The van der Waals surface area contributed by atoms with Gasteiger partial charge in [-0.15, -0.1) is 4.80 Å². The molecule has 0 atom stereocenters. The molecule has 0 aliphatic heterocycles. The van der Waals surface area contributed by atoms with Crippen molar-refractivity contribution in [3.8, 4) is 5.95 Å². The summed E-state index contributed by atoms with van der Waals surface area (Å²) in [7, 11) is 0. The van der Waals surface area contributed by atoms with Crippen LogP contribution in [0.3, 0.4) is 0 Å².